The highest BCUT2D eigenvalue weighted by Crippen LogP contribution is 2.28. The van der Waals surface area contributed by atoms with E-state index < -0.39 is 0 Å². The van der Waals surface area contributed by atoms with Gasteiger partial charge in [-0.2, -0.15) is 0 Å². The molecule has 2 rings (SSSR count). The third-order valence-electron chi connectivity index (χ3n) is 2.60. The van der Waals surface area contributed by atoms with Crippen LogP contribution in [-0.2, 0) is 0 Å². The summed E-state index contributed by atoms with van der Waals surface area (Å²) in [6, 6.07) is 12.4. The summed E-state index contributed by atoms with van der Waals surface area (Å²) in [6.45, 7) is 4.37. The molecule has 0 spiro atoms. The maximum atomic E-state index is 10.6. The van der Waals surface area contributed by atoms with Crippen molar-refractivity contribution < 1.29 is 4.79 Å². The van der Waals surface area contributed by atoms with Crippen LogP contribution in [0.3, 0.4) is 0 Å². The molecule has 0 aliphatic heterocycles. The average molecular weight is 230 g/mol. The quantitative estimate of drug-likeness (QED) is 0.716. The number of aldehydes is 1. The molecule has 0 atom stereocenters. The minimum Gasteiger partial charge on any atom is -0.297 e. The Bertz CT molecular complexity index is 480. The number of rotatable bonds is 3. The first kappa shape index (κ1) is 11.1. The van der Waals surface area contributed by atoms with Crippen LogP contribution in [0.1, 0.15) is 35.0 Å². The topological polar surface area (TPSA) is 17.1 Å². The van der Waals surface area contributed by atoms with Crippen LogP contribution in [0.4, 0.5) is 0 Å². The highest BCUT2D eigenvalue weighted by Gasteiger charge is 2.03. The van der Waals surface area contributed by atoms with Crippen LogP contribution >= 0.6 is 11.3 Å². The molecule has 0 bridgehead atoms. The Balaban J connectivity index is 2.30. The molecule has 0 N–H and O–H groups in total. The van der Waals surface area contributed by atoms with Crippen molar-refractivity contribution in [3.63, 3.8) is 0 Å². The van der Waals surface area contributed by atoms with Crippen LogP contribution in [0.25, 0.3) is 10.4 Å². The molecule has 1 heterocycles. The van der Waals surface area contributed by atoms with Crippen molar-refractivity contribution in [2.24, 2.45) is 0 Å². The summed E-state index contributed by atoms with van der Waals surface area (Å²) in [4.78, 5) is 12.5. The van der Waals surface area contributed by atoms with Crippen LogP contribution < -0.4 is 0 Å². The van der Waals surface area contributed by atoms with Gasteiger partial charge in [0, 0.05) is 4.88 Å². The average Bonchev–Trinajstić information content (AvgIpc) is 2.77. The molecule has 0 amide bonds. The van der Waals surface area contributed by atoms with Gasteiger partial charge in [-0.05, 0) is 29.2 Å². The molecule has 82 valence electrons. The molecule has 2 heteroatoms. The maximum Gasteiger partial charge on any atom is 0.160 e. The molecule has 0 radical (unpaired) electrons. The van der Waals surface area contributed by atoms with Gasteiger partial charge < -0.3 is 0 Å². The minimum absolute atomic E-state index is 0.558. The lowest BCUT2D eigenvalue weighted by Gasteiger charge is -2.05. The monoisotopic (exact) mass is 230 g/mol. The van der Waals surface area contributed by atoms with Crippen LogP contribution in [0.2, 0.25) is 0 Å². The Labute approximate surface area is 99.8 Å². The van der Waals surface area contributed by atoms with Crippen molar-refractivity contribution in [2.45, 2.75) is 19.8 Å². The number of hydrogen-bond acceptors (Lipinski definition) is 2. The van der Waals surface area contributed by atoms with Crippen LogP contribution in [0.15, 0.2) is 36.4 Å². The first-order valence-electron chi connectivity index (χ1n) is 5.36. The van der Waals surface area contributed by atoms with Crippen LogP contribution in [0, 0.1) is 0 Å². The van der Waals surface area contributed by atoms with Gasteiger partial charge in [-0.3, -0.25) is 4.79 Å². The molecular formula is C14H14OS. The van der Waals surface area contributed by atoms with E-state index >= 15 is 0 Å². The smallest absolute Gasteiger partial charge is 0.160 e. The highest BCUT2D eigenvalue weighted by atomic mass is 32.1. The zero-order valence-corrected chi connectivity index (χ0v) is 10.3. The Kier molecular flexibility index (Phi) is 3.20. The Morgan fingerprint density at radius 2 is 1.75 bits per heavy atom. The van der Waals surface area contributed by atoms with E-state index in [1.54, 1.807) is 0 Å². The number of hydrogen-bond donors (Lipinski definition) is 0. The molecule has 16 heavy (non-hydrogen) atoms. The second kappa shape index (κ2) is 4.62. The fourth-order valence-electron chi connectivity index (χ4n) is 1.60. The molecule has 0 aliphatic rings. The largest absolute Gasteiger partial charge is 0.297 e. The number of thiophene rings is 1. The van der Waals surface area contributed by atoms with Crippen molar-refractivity contribution in [3.05, 3.63) is 46.8 Å². The number of benzene rings is 1. The maximum absolute atomic E-state index is 10.6. The lowest BCUT2D eigenvalue weighted by molar-refractivity contribution is 0.112. The summed E-state index contributed by atoms with van der Waals surface area (Å²) in [6.07, 6.45) is 0.899. The fraction of sp³-hybridized carbons (Fsp3) is 0.214. The van der Waals surface area contributed by atoms with E-state index in [0.29, 0.717) is 5.92 Å². The lowest BCUT2D eigenvalue weighted by atomic mass is 10.0. The van der Waals surface area contributed by atoms with Gasteiger partial charge in [0.25, 0.3) is 0 Å². The zero-order valence-electron chi connectivity index (χ0n) is 9.44. The van der Waals surface area contributed by atoms with E-state index in [-0.39, 0.29) is 0 Å². The molecule has 0 saturated heterocycles. The van der Waals surface area contributed by atoms with E-state index in [1.165, 1.54) is 22.5 Å². The van der Waals surface area contributed by atoms with Crippen LogP contribution in [0.5, 0.6) is 0 Å². The Hall–Kier alpha value is -1.41. The Morgan fingerprint density at radius 1 is 1.06 bits per heavy atom. The molecule has 0 unspecified atom stereocenters. The predicted molar refractivity (Wildman–Crippen MR) is 69.2 cm³/mol. The number of carbonyl (C=O) groups excluding carboxylic acids is 1. The number of carbonyl (C=O) groups is 1. The summed E-state index contributed by atoms with van der Waals surface area (Å²) in [5.74, 6) is 0.558. The third kappa shape index (κ3) is 2.22. The second-order valence-electron chi connectivity index (χ2n) is 4.10. The van der Waals surface area contributed by atoms with Crippen molar-refractivity contribution >= 4 is 17.6 Å². The highest BCUT2D eigenvalue weighted by molar-refractivity contribution is 7.17. The van der Waals surface area contributed by atoms with Crippen molar-refractivity contribution in [1.82, 2.24) is 0 Å². The van der Waals surface area contributed by atoms with Gasteiger partial charge in [0.15, 0.2) is 6.29 Å². The van der Waals surface area contributed by atoms with Gasteiger partial charge in [0.05, 0.1) is 4.88 Å². The standard InChI is InChI=1S/C14H14OS/c1-10(2)11-3-5-12(6-4-11)14-8-7-13(9-15)16-14/h3-10H,1-2H3. The molecule has 1 aromatic heterocycles. The van der Waals surface area contributed by atoms with Crippen molar-refractivity contribution in [1.29, 1.82) is 0 Å². The van der Waals surface area contributed by atoms with E-state index in [2.05, 4.69) is 38.1 Å². The SMILES string of the molecule is CC(C)c1ccc(-c2ccc(C=O)s2)cc1. The van der Waals surface area contributed by atoms with Crippen molar-refractivity contribution in [3.8, 4) is 10.4 Å². The molecule has 2 aromatic rings. The van der Waals surface area contributed by atoms with Crippen molar-refractivity contribution in [2.75, 3.05) is 0 Å². The summed E-state index contributed by atoms with van der Waals surface area (Å²) in [5, 5.41) is 0. The van der Waals surface area contributed by atoms with Gasteiger partial charge in [-0.15, -0.1) is 11.3 Å². The van der Waals surface area contributed by atoms with E-state index in [0.717, 1.165) is 16.0 Å². The van der Waals surface area contributed by atoms with Gasteiger partial charge in [0.2, 0.25) is 0 Å². The molecule has 1 nitrogen and oxygen atoms in total. The molecule has 0 aliphatic carbocycles. The first-order chi connectivity index (χ1) is 7.70. The summed E-state index contributed by atoms with van der Waals surface area (Å²) in [5.41, 5.74) is 2.53. The summed E-state index contributed by atoms with van der Waals surface area (Å²) >= 11 is 1.53. The van der Waals surface area contributed by atoms with Gasteiger partial charge >= 0.3 is 0 Å². The van der Waals surface area contributed by atoms with Gasteiger partial charge in [-0.1, -0.05) is 38.1 Å². The summed E-state index contributed by atoms with van der Waals surface area (Å²) in [7, 11) is 0. The van der Waals surface area contributed by atoms with Gasteiger partial charge in [0.1, 0.15) is 0 Å². The van der Waals surface area contributed by atoms with E-state index in [4.69, 9.17) is 0 Å². The lowest BCUT2D eigenvalue weighted by Crippen LogP contribution is -1.85. The second-order valence-corrected chi connectivity index (χ2v) is 5.21. The zero-order chi connectivity index (χ0) is 11.5. The third-order valence-corrected chi connectivity index (χ3v) is 3.66. The molecule has 0 fully saturated rings. The minimum atomic E-state index is 0.558. The Morgan fingerprint density at radius 3 is 2.25 bits per heavy atom. The summed E-state index contributed by atoms with van der Waals surface area (Å²) < 4.78 is 0. The van der Waals surface area contributed by atoms with Crippen LogP contribution in [-0.4, -0.2) is 6.29 Å². The van der Waals surface area contributed by atoms with Gasteiger partial charge in [-0.25, -0.2) is 0 Å². The fourth-order valence-corrected chi connectivity index (χ4v) is 2.43. The molecule has 1 aromatic carbocycles. The van der Waals surface area contributed by atoms with E-state index in [9.17, 15) is 4.79 Å². The first-order valence-corrected chi connectivity index (χ1v) is 6.17. The molecular weight excluding hydrogens is 216 g/mol. The van der Waals surface area contributed by atoms with E-state index in [1.807, 2.05) is 12.1 Å². The predicted octanol–water partition coefficient (Wildman–Crippen LogP) is 4.35. The molecule has 0 saturated carbocycles. The normalized spacial score (nSPS) is 10.7.